The minimum atomic E-state index is -4.90. The van der Waals surface area contributed by atoms with Crippen molar-refractivity contribution in [1.82, 2.24) is 14.9 Å². The molecular weight excluding hydrogens is 504 g/mol. The van der Waals surface area contributed by atoms with Crippen LogP contribution in [0, 0.1) is 17.1 Å². The van der Waals surface area contributed by atoms with Crippen LogP contribution in [0.3, 0.4) is 0 Å². The average molecular weight is 527 g/mol. The van der Waals surface area contributed by atoms with Gasteiger partial charge in [-0.05, 0) is 18.6 Å². The number of nitriles is 1. The van der Waals surface area contributed by atoms with E-state index in [4.69, 9.17) is 5.26 Å². The molecule has 0 bridgehead atoms. The molecule has 2 aliphatic rings. The van der Waals surface area contributed by atoms with Crippen molar-refractivity contribution in [3.8, 4) is 6.07 Å². The summed E-state index contributed by atoms with van der Waals surface area (Å²) < 4.78 is 67.3. The topological polar surface area (TPSA) is 114 Å². The largest absolute Gasteiger partial charge is 0.465 e. The third-order valence-electron chi connectivity index (χ3n) is 6.25. The van der Waals surface area contributed by atoms with Crippen LogP contribution in [0.4, 0.5) is 33.9 Å². The number of piperazine rings is 1. The van der Waals surface area contributed by atoms with Gasteiger partial charge in [0.05, 0.1) is 47.3 Å². The van der Waals surface area contributed by atoms with Gasteiger partial charge in [-0.1, -0.05) is 6.07 Å². The molecule has 1 aromatic heterocycles. The van der Waals surface area contributed by atoms with Crippen LogP contribution in [-0.4, -0.2) is 68.8 Å². The van der Waals surface area contributed by atoms with Gasteiger partial charge in [0.25, 0.3) is 0 Å². The molecule has 36 heavy (non-hydrogen) atoms. The van der Waals surface area contributed by atoms with Gasteiger partial charge < -0.3 is 19.8 Å². The number of amides is 1. The van der Waals surface area contributed by atoms with E-state index in [1.807, 2.05) is 6.07 Å². The SMILES string of the molecule is CS(=O)c1nc2c(c(N3CCN(C(=O)O)[C@@H](CC#N)C3)n1)CCN(c1cccc(F)c1C(F)(F)F)C2. The van der Waals surface area contributed by atoms with E-state index in [-0.39, 0.29) is 56.4 Å². The normalized spacial score (nSPS) is 19.0. The number of nitrogens with zero attached hydrogens (tertiary/aromatic N) is 6. The lowest BCUT2D eigenvalue weighted by molar-refractivity contribution is -0.139. The van der Waals surface area contributed by atoms with E-state index < -0.39 is 40.5 Å². The highest BCUT2D eigenvalue weighted by Crippen LogP contribution is 2.40. The summed E-state index contributed by atoms with van der Waals surface area (Å²) in [5, 5.41) is 18.6. The van der Waals surface area contributed by atoms with Crippen LogP contribution in [0.15, 0.2) is 23.4 Å². The lowest BCUT2D eigenvalue weighted by atomic mass is 10.0. The fourth-order valence-electron chi connectivity index (χ4n) is 4.62. The van der Waals surface area contributed by atoms with Crippen LogP contribution in [0.25, 0.3) is 0 Å². The molecule has 192 valence electrons. The average Bonchev–Trinajstić information content (AvgIpc) is 2.82. The number of benzene rings is 1. The molecule has 0 radical (unpaired) electrons. The van der Waals surface area contributed by atoms with Crippen molar-refractivity contribution >= 4 is 28.4 Å². The Morgan fingerprint density at radius 2 is 2.00 bits per heavy atom. The van der Waals surface area contributed by atoms with Crippen molar-refractivity contribution < 1.29 is 31.7 Å². The zero-order chi connectivity index (χ0) is 26.2. The van der Waals surface area contributed by atoms with Gasteiger partial charge in [-0.15, -0.1) is 0 Å². The van der Waals surface area contributed by atoms with Crippen LogP contribution >= 0.6 is 0 Å². The Morgan fingerprint density at radius 1 is 1.25 bits per heavy atom. The van der Waals surface area contributed by atoms with Gasteiger partial charge in [0.1, 0.15) is 17.2 Å². The predicted molar refractivity (Wildman–Crippen MR) is 121 cm³/mol. The summed E-state index contributed by atoms with van der Waals surface area (Å²) in [7, 11) is -1.61. The second kappa shape index (κ2) is 9.88. The van der Waals surface area contributed by atoms with Crippen LogP contribution in [0.1, 0.15) is 23.2 Å². The fourth-order valence-corrected chi connectivity index (χ4v) is 5.07. The Kier molecular flexibility index (Phi) is 7.03. The summed E-state index contributed by atoms with van der Waals surface area (Å²) in [6.45, 7) is 0.596. The number of carboxylic acid groups (broad SMARTS) is 1. The van der Waals surface area contributed by atoms with E-state index in [9.17, 15) is 31.7 Å². The first-order valence-electron chi connectivity index (χ1n) is 11.0. The first kappa shape index (κ1) is 25.6. The summed E-state index contributed by atoms with van der Waals surface area (Å²) in [6.07, 6.45) is -4.46. The van der Waals surface area contributed by atoms with Crippen molar-refractivity contribution in [1.29, 1.82) is 5.26 Å². The standard InChI is InChI=1S/C22H22F4N6O3S/c1-36(35)20-28-16-12-30(17-4-2-3-15(23)18(17)22(24,25)26)8-6-14(16)19(29-20)31-9-10-32(21(33)34)13(11-31)5-7-27/h2-4,13H,5-6,8-12H2,1H3,(H,33,34)/t13-,36?/m0/s1. The van der Waals surface area contributed by atoms with E-state index in [1.165, 1.54) is 28.2 Å². The van der Waals surface area contributed by atoms with Gasteiger partial charge in [-0.3, -0.25) is 4.21 Å². The Bertz CT molecular complexity index is 1250. The highest BCUT2D eigenvalue weighted by molar-refractivity contribution is 7.84. The minimum absolute atomic E-state index is 0.0154. The molecule has 9 nitrogen and oxygen atoms in total. The number of carbonyl (C=O) groups is 1. The van der Waals surface area contributed by atoms with Crippen molar-refractivity contribution in [3.05, 3.63) is 40.8 Å². The maximum atomic E-state index is 14.2. The predicted octanol–water partition coefficient (Wildman–Crippen LogP) is 3.02. The van der Waals surface area contributed by atoms with Crippen LogP contribution < -0.4 is 9.80 Å². The van der Waals surface area contributed by atoms with Crippen LogP contribution in [0.5, 0.6) is 0 Å². The summed E-state index contributed by atoms with van der Waals surface area (Å²) in [5.41, 5.74) is -0.654. The number of hydrogen-bond donors (Lipinski definition) is 1. The highest BCUT2D eigenvalue weighted by atomic mass is 32.2. The number of aromatic nitrogens is 2. The van der Waals surface area contributed by atoms with Crippen molar-refractivity contribution in [2.75, 3.05) is 42.2 Å². The first-order valence-corrected chi connectivity index (χ1v) is 12.5. The molecule has 1 saturated heterocycles. The number of hydrogen-bond acceptors (Lipinski definition) is 7. The Hall–Kier alpha value is -3.47. The molecule has 2 aliphatic heterocycles. The molecule has 1 amide bonds. The first-order chi connectivity index (χ1) is 17.0. The molecule has 4 rings (SSSR count). The molecule has 3 heterocycles. The summed E-state index contributed by atoms with van der Waals surface area (Å²) in [6, 6.07) is 4.56. The van der Waals surface area contributed by atoms with Gasteiger partial charge in [0, 0.05) is 38.0 Å². The monoisotopic (exact) mass is 526 g/mol. The molecule has 0 spiro atoms. The molecule has 1 unspecified atom stereocenters. The Balaban J connectivity index is 1.72. The van der Waals surface area contributed by atoms with Gasteiger partial charge >= 0.3 is 12.3 Å². The number of anilines is 2. The lowest BCUT2D eigenvalue weighted by Gasteiger charge is -2.41. The molecule has 2 aromatic rings. The van der Waals surface area contributed by atoms with Gasteiger partial charge in [0.2, 0.25) is 5.16 Å². The quantitative estimate of drug-likeness (QED) is 0.478. The van der Waals surface area contributed by atoms with E-state index in [0.29, 0.717) is 17.1 Å². The number of rotatable bonds is 4. The molecule has 1 N–H and O–H groups in total. The Morgan fingerprint density at radius 3 is 2.64 bits per heavy atom. The van der Waals surface area contributed by atoms with E-state index in [2.05, 4.69) is 9.97 Å². The Labute approximate surface area is 206 Å². The summed E-state index contributed by atoms with van der Waals surface area (Å²) in [4.78, 5) is 24.7. The second-order valence-electron chi connectivity index (χ2n) is 8.45. The minimum Gasteiger partial charge on any atom is -0.465 e. The zero-order valence-corrected chi connectivity index (χ0v) is 19.9. The highest BCUT2D eigenvalue weighted by Gasteiger charge is 2.39. The lowest BCUT2D eigenvalue weighted by Crippen LogP contribution is -2.55. The van der Waals surface area contributed by atoms with Crippen LogP contribution in [-0.2, 0) is 29.9 Å². The summed E-state index contributed by atoms with van der Waals surface area (Å²) >= 11 is 0. The summed E-state index contributed by atoms with van der Waals surface area (Å²) in [5.74, 6) is -0.947. The maximum absolute atomic E-state index is 14.2. The fraction of sp³-hybridized carbons (Fsp3) is 0.455. The van der Waals surface area contributed by atoms with Crippen molar-refractivity contribution in [2.24, 2.45) is 0 Å². The molecule has 1 fully saturated rings. The maximum Gasteiger partial charge on any atom is 0.421 e. The number of halogens is 4. The third kappa shape index (κ3) is 4.92. The molecule has 2 atom stereocenters. The zero-order valence-electron chi connectivity index (χ0n) is 19.1. The van der Waals surface area contributed by atoms with E-state index in [1.54, 1.807) is 4.90 Å². The number of fused-ring (bicyclic) bond motifs is 1. The second-order valence-corrected chi connectivity index (χ2v) is 9.72. The van der Waals surface area contributed by atoms with E-state index in [0.717, 1.165) is 6.07 Å². The molecular formula is C22H22F4N6O3S. The third-order valence-corrected chi connectivity index (χ3v) is 6.95. The van der Waals surface area contributed by atoms with Crippen molar-refractivity contribution in [2.45, 2.75) is 36.8 Å². The molecule has 14 heteroatoms. The van der Waals surface area contributed by atoms with Gasteiger partial charge in [-0.2, -0.15) is 18.4 Å². The molecule has 1 aromatic carbocycles. The smallest absolute Gasteiger partial charge is 0.421 e. The van der Waals surface area contributed by atoms with Gasteiger partial charge in [0.15, 0.2) is 0 Å². The van der Waals surface area contributed by atoms with Gasteiger partial charge in [-0.25, -0.2) is 19.2 Å². The molecule has 0 aliphatic carbocycles. The van der Waals surface area contributed by atoms with Crippen LogP contribution in [0.2, 0.25) is 0 Å². The number of alkyl halides is 3. The molecule has 0 saturated carbocycles. The van der Waals surface area contributed by atoms with E-state index >= 15 is 0 Å². The van der Waals surface area contributed by atoms with Crippen molar-refractivity contribution in [3.63, 3.8) is 0 Å².